The van der Waals surface area contributed by atoms with Gasteiger partial charge in [0, 0.05) is 15.1 Å². The van der Waals surface area contributed by atoms with Gasteiger partial charge >= 0.3 is 0 Å². The van der Waals surface area contributed by atoms with Crippen LogP contribution in [0.25, 0.3) is 22.6 Å². The van der Waals surface area contributed by atoms with Gasteiger partial charge in [-0.3, -0.25) is 0 Å². The predicted octanol–water partition coefficient (Wildman–Crippen LogP) is 5.56. The fraction of sp³-hybridized carbons (Fsp3) is 0. The van der Waals surface area contributed by atoms with E-state index in [4.69, 9.17) is 27.6 Å². The highest BCUT2D eigenvalue weighted by molar-refractivity contribution is 9.10. The second kappa shape index (κ2) is 4.57. The molecule has 3 aromatic rings. The molecule has 0 atom stereocenters. The monoisotopic (exact) mass is 341 g/mol. The fourth-order valence-electron chi connectivity index (χ4n) is 1.70. The highest BCUT2D eigenvalue weighted by Gasteiger charge is 2.12. The van der Waals surface area contributed by atoms with E-state index in [1.54, 1.807) is 12.1 Å². The summed E-state index contributed by atoms with van der Waals surface area (Å²) in [7, 11) is 0. The topological polar surface area (TPSA) is 26.0 Å². The Labute approximate surface area is 122 Å². The average Bonchev–Trinajstić information content (AvgIpc) is 2.73. The van der Waals surface area contributed by atoms with Crippen molar-refractivity contribution in [1.29, 1.82) is 0 Å². The first-order chi connectivity index (χ1) is 8.63. The number of rotatable bonds is 1. The molecule has 0 bridgehead atoms. The van der Waals surface area contributed by atoms with Crippen molar-refractivity contribution in [3.8, 4) is 11.5 Å². The SMILES string of the molecule is Clc1cc(Cl)c2oc(-c3cccc(Br)c3)nc2c1. The lowest BCUT2D eigenvalue weighted by Crippen LogP contribution is -1.76. The van der Waals surface area contributed by atoms with E-state index in [1.165, 1.54) is 0 Å². The van der Waals surface area contributed by atoms with E-state index in [0.717, 1.165) is 10.0 Å². The standard InChI is InChI=1S/C13H6BrCl2NO/c14-8-3-1-2-7(4-8)13-17-11-6-9(15)5-10(16)12(11)18-13/h1-6H. The molecule has 0 spiro atoms. The van der Waals surface area contributed by atoms with Crippen LogP contribution in [0.4, 0.5) is 0 Å². The van der Waals surface area contributed by atoms with Gasteiger partial charge in [0.25, 0.3) is 0 Å². The van der Waals surface area contributed by atoms with Crippen molar-refractivity contribution in [2.75, 3.05) is 0 Å². The van der Waals surface area contributed by atoms with Gasteiger partial charge in [-0.2, -0.15) is 0 Å². The summed E-state index contributed by atoms with van der Waals surface area (Å²) in [5.41, 5.74) is 2.09. The summed E-state index contributed by atoms with van der Waals surface area (Å²) in [5.74, 6) is 0.524. The molecule has 0 saturated carbocycles. The zero-order valence-electron chi connectivity index (χ0n) is 8.95. The minimum absolute atomic E-state index is 0.464. The maximum Gasteiger partial charge on any atom is 0.227 e. The van der Waals surface area contributed by atoms with E-state index in [2.05, 4.69) is 20.9 Å². The van der Waals surface area contributed by atoms with Gasteiger partial charge in [0.1, 0.15) is 5.52 Å². The van der Waals surface area contributed by atoms with Crippen LogP contribution < -0.4 is 0 Å². The summed E-state index contributed by atoms with van der Waals surface area (Å²) in [6.07, 6.45) is 0. The van der Waals surface area contributed by atoms with E-state index < -0.39 is 0 Å². The molecule has 3 rings (SSSR count). The van der Waals surface area contributed by atoms with Crippen molar-refractivity contribution in [3.63, 3.8) is 0 Å². The Morgan fingerprint density at radius 2 is 1.94 bits per heavy atom. The second-order valence-electron chi connectivity index (χ2n) is 3.77. The third-order valence-corrected chi connectivity index (χ3v) is 3.47. The second-order valence-corrected chi connectivity index (χ2v) is 5.52. The summed E-state index contributed by atoms with van der Waals surface area (Å²) >= 11 is 15.4. The Balaban J connectivity index is 2.22. The number of fused-ring (bicyclic) bond motifs is 1. The molecule has 0 amide bonds. The van der Waals surface area contributed by atoms with Crippen LogP contribution in [-0.2, 0) is 0 Å². The van der Waals surface area contributed by atoms with Crippen molar-refractivity contribution in [3.05, 3.63) is 50.9 Å². The molecule has 0 radical (unpaired) electrons. The molecule has 2 aromatic carbocycles. The number of nitrogens with zero attached hydrogens (tertiary/aromatic N) is 1. The average molecular weight is 343 g/mol. The Bertz CT molecular complexity index is 739. The predicted molar refractivity (Wildman–Crippen MR) is 77.2 cm³/mol. The summed E-state index contributed by atoms with van der Waals surface area (Å²) < 4.78 is 6.64. The van der Waals surface area contributed by atoms with Gasteiger partial charge in [-0.1, -0.05) is 45.2 Å². The maximum absolute atomic E-state index is 6.07. The molecule has 0 unspecified atom stereocenters. The first-order valence-corrected chi connectivity index (χ1v) is 6.70. The van der Waals surface area contributed by atoms with E-state index in [0.29, 0.717) is 27.0 Å². The molecule has 0 aliphatic rings. The van der Waals surface area contributed by atoms with Gasteiger partial charge in [-0.05, 0) is 30.3 Å². The molecule has 0 aliphatic heterocycles. The van der Waals surface area contributed by atoms with E-state index in [-0.39, 0.29) is 0 Å². The molecule has 0 fully saturated rings. The number of oxazole rings is 1. The Morgan fingerprint density at radius 3 is 2.72 bits per heavy atom. The maximum atomic E-state index is 6.07. The summed E-state index contributed by atoms with van der Waals surface area (Å²) in [6.45, 7) is 0. The molecular formula is C13H6BrCl2NO. The lowest BCUT2D eigenvalue weighted by atomic mass is 10.2. The molecule has 90 valence electrons. The normalized spacial score (nSPS) is 11.1. The third kappa shape index (κ3) is 2.14. The van der Waals surface area contributed by atoms with Crippen molar-refractivity contribution < 1.29 is 4.42 Å². The molecule has 5 heteroatoms. The highest BCUT2D eigenvalue weighted by Crippen LogP contribution is 2.32. The molecule has 0 N–H and O–H groups in total. The molecule has 1 aromatic heterocycles. The fourth-order valence-corrected chi connectivity index (χ4v) is 2.63. The van der Waals surface area contributed by atoms with Crippen LogP contribution >= 0.6 is 39.1 Å². The van der Waals surface area contributed by atoms with Crippen LogP contribution in [0.2, 0.25) is 10.0 Å². The summed E-state index contributed by atoms with van der Waals surface area (Å²) in [6, 6.07) is 11.1. The smallest absolute Gasteiger partial charge is 0.227 e. The van der Waals surface area contributed by atoms with Gasteiger partial charge in [-0.25, -0.2) is 4.98 Å². The molecular weight excluding hydrogens is 337 g/mol. The number of hydrogen-bond acceptors (Lipinski definition) is 2. The quantitative estimate of drug-likeness (QED) is 0.578. The van der Waals surface area contributed by atoms with Gasteiger partial charge in [0.2, 0.25) is 5.89 Å². The Morgan fingerprint density at radius 1 is 1.11 bits per heavy atom. The Hall–Kier alpha value is -1.03. The van der Waals surface area contributed by atoms with Crippen LogP contribution in [0.15, 0.2) is 45.3 Å². The van der Waals surface area contributed by atoms with Gasteiger partial charge in [0.05, 0.1) is 5.02 Å². The number of hydrogen-bond donors (Lipinski definition) is 0. The van der Waals surface area contributed by atoms with Crippen molar-refractivity contribution in [2.24, 2.45) is 0 Å². The zero-order valence-corrected chi connectivity index (χ0v) is 12.1. The first kappa shape index (κ1) is 12.0. The van der Waals surface area contributed by atoms with Gasteiger partial charge in [0.15, 0.2) is 5.58 Å². The molecule has 0 saturated heterocycles. The van der Waals surface area contributed by atoms with Gasteiger partial charge < -0.3 is 4.42 Å². The van der Waals surface area contributed by atoms with E-state index >= 15 is 0 Å². The molecule has 1 heterocycles. The first-order valence-electron chi connectivity index (χ1n) is 5.15. The van der Waals surface area contributed by atoms with E-state index in [9.17, 15) is 0 Å². The third-order valence-electron chi connectivity index (χ3n) is 2.48. The lowest BCUT2D eigenvalue weighted by Gasteiger charge is -1.95. The van der Waals surface area contributed by atoms with Crippen molar-refractivity contribution >= 4 is 50.2 Å². The molecule has 18 heavy (non-hydrogen) atoms. The van der Waals surface area contributed by atoms with Crippen LogP contribution in [0, 0.1) is 0 Å². The van der Waals surface area contributed by atoms with Crippen molar-refractivity contribution in [1.82, 2.24) is 4.98 Å². The Kier molecular flexibility index (Phi) is 3.06. The summed E-state index contributed by atoms with van der Waals surface area (Å²) in [5, 5.41) is 1.01. The van der Waals surface area contributed by atoms with Crippen LogP contribution in [0.5, 0.6) is 0 Å². The van der Waals surface area contributed by atoms with Crippen LogP contribution in [0.1, 0.15) is 0 Å². The molecule has 2 nitrogen and oxygen atoms in total. The van der Waals surface area contributed by atoms with Crippen LogP contribution in [0.3, 0.4) is 0 Å². The largest absolute Gasteiger partial charge is 0.435 e. The number of halogens is 3. The van der Waals surface area contributed by atoms with Gasteiger partial charge in [-0.15, -0.1) is 0 Å². The highest BCUT2D eigenvalue weighted by atomic mass is 79.9. The lowest BCUT2D eigenvalue weighted by molar-refractivity contribution is 0.620. The zero-order chi connectivity index (χ0) is 12.7. The molecule has 0 aliphatic carbocycles. The minimum atomic E-state index is 0.464. The minimum Gasteiger partial charge on any atom is -0.435 e. The van der Waals surface area contributed by atoms with Crippen LogP contribution in [-0.4, -0.2) is 4.98 Å². The number of benzene rings is 2. The number of aromatic nitrogens is 1. The van der Waals surface area contributed by atoms with Crippen molar-refractivity contribution in [2.45, 2.75) is 0 Å². The van der Waals surface area contributed by atoms with E-state index in [1.807, 2.05) is 24.3 Å². The summed E-state index contributed by atoms with van der Waals surface area (Å²) in [4.78, 5) is 4.39.